The Bertz CT molecular complexity index is 501. The van der Waals surface area contributed by atoms with E-state index in [1.807, 2.05) is 6.92 Å². The monoisotopic (exact) mass is 326 g/mol. The molecule has 7 unspecified atom stereocenters. The van der Waals surface area contributed by atoms with E-state index in [1.165, 1.54) is 0 Å². The first kappa shape index (κ1) is 16.7. The number of carbonyl (C=O) groups excluding carboxylic acids is 2. The Morgan fingerprint density at radius 3 is 2.65 bits per heavy atom. The summed E-state index contributed by atoms with van der Waals surface area (Å²) in [6, 6.07) is 0. The van der Waals surface area contributed by atoms with Gasteiger partial charge in [0, 0.05) is 11.8 Å². The lowest BCUT2D eigenvalue weighted by Gasteiger charge is -2.26. The third kappa shape index (κ3) is 2.66. The predicted octanol–water partition coefficient (Wildman–Crippen LogP) is 1.50. The van der Waals surface area contributed by atoms with Crippen LogP contribution in [0.4, 0.5) is 0 Å². The van der Waals surface area contributed by atoms with Crippen LogP contribution in [0.3, 0.4) is 0 Å². The van der Waals surface area contributed by atoms with E-state index in [2.05, 4.69) is 6.92 Å². The fourth-order valence-corrected chi connectivity index (χ4v) is 4.34. The highest BCUT2D eigenvalue weighted by Crippen LogP contribution is 2.59. The van der Waals surface area contributed by atoms with Gasteiger partial charge in [-0.25, -0.2) is 4.79 Å². The van der Waals surface area contributed by atoms with Crippen LogP contribution in [0.5, 0.6) is 0 Å². The molecule has 3 rings (SSSR count). The SMILES string of the molecule is CCC(C)(C)C(=O)OCC(=O)OC1C2CC3C(O)OC1C3C2C. The number of fused-ring (bicyclic) bond motifs is 1. The highest BCUT2D eigenvalue weighted by molar-refractivity contribution is 5.79. The molecule has 1 N–H and O–H groups in total. The van der Waals surface area contributed by atoms with Gasteiger partial charge in [0.2, 0.25) is 0 Å². The first-order valence-electron chi connectivity index (χ1n) is 8.46. The second-order valence-corrected chi connectivity index (χ2v) is 7.76. The minimum Gasteiger partial charge on any atom is -0.457 e. The summed E-state index contributed by atoms with van der Waals surface area (Å²) in [7, 11) is 0. The van der Waals surface area contributed by atoms with Crippen molar-refractivity contribution in [3.05, 3.63) is 0 Å². The first-order chi connectivity index (χ1) is 10.8. The Labute approximate surface area is 136 Å². The topological polar surface area (TPSA) is 82.1 Å². The Morgan fingerprint density at radius 1 is 1.30 bits per heavy atom. The molecule has 1 saturated heterocycles. The van der Waals surface area contributed by atoms with Crippen molar-refractivity contribution >= 4 is 11.9 Å². The standard InChI is InChI=1S/C17H26O6/c1-5-17(3,4)16(20)21-7-11(18)22-13-9-6-10-12(8(9)2)14(13)23-15(10)19/h8-10,12-15,19H,5-7H2,1-4H3. The zero-order valence-electron chi connectivity index (χ0n) is 14.2. The summed E-state index contributed by atoms with van der Waals surface area (Å²) in [6.07, 6.45) is 0.151. The minimum atomic E-state index is -0.746. The number of carbonyl (C=O) groups is 2. The molecule has 6 heteroatoms. The van der Waals surface area contributed by atoms with Crippen LogP contribution in [0.1, 0.15) is 40.5 Å². The lowest BCUT2D eigenvalue weighted by molar-refractivity contribution is -0.175. The van der Waals surface area contributed by atoms with Gasteiger partial charge in [0.15, 0.2) is 12.9 Å². The third-order valence-electron chi connectivity index (χ3n) is 6.13. The number of hydrogen-bond acceptors (Lipinski definition) is 6. The van der Waals surface area contributed by atoms with Crippen LogP contribution in [0.15, 0.2) is 0 Å². The average molecular weight is 326 g/mol. The number of aliphatic hydroxyl groups is 1. The number of hydrogen-bond donors (Lipinski definition) is 1. The van der Waals surface area contributed by atoms with Crippen LogP contribution in [-0.2, 0) is 23.8 Å². The van der Waals surface area contributed by atoms with E-state index in [4.69, 9.17) is 14.2 Å². The fraction of sp³-hybridized carbons (Fsp3) is 0.882. The summed E-state index contributed by atoms with van der Waals surface area (Å²) in [5.74, 6) is 0.0790. The quantitative estimate of drug-likeness (QED) is 0.771. The molecule has 23 heavy (non-hydrogen) atoms. The molecule has 7 atom stereocenters. The molecule has 0 spiro atoms. The average Bonchev–Trinajstić information content (AvgIpc) is 3.05. The van der Waals surface area contributed by atoms with Gasteiger partial charge in [-0.05, 0) is 38.5 Å². The summed E-state index contributed by atoms with van der Waals surface area (Å²) >= 11 is 0. The lowest BCUT2D eigenvalue weighted by atomic mass is 9.87. The Hall–Kier alpha value is -1.14. The summed E-state index contributed by atoms with van der Waals surface area (Å²) in [4.78, 5) is 23.9. The predicted molar refractivity (Wildman–Crippen MR) is 80.0 cm³/mol. The molecule has 3 fully saturated rings. The maximum absolute atomic E-state index is 12.0. The molecule has 6 nitrogen and oxygen atoms in total. The van der Waals surface area contributed by atoms with Crippen molar-refractivity contribution < 1.29 is 28.9 Å². The van der Waals surface area contributed by atoms with E-state index in [9.17, 15) is 14.7 Å². The van der Waals surface area contributed by atoms with Crippen molar-refractivity contribution in [2.45, 2.75) is 59.0 Å². The molecule has 2 aliphatic carbocycles. The Balaban J connectivity index is 1.55. The molecule has 0 aromatic rings. The zero-order chi connectivity index (χ0) is 16.9. The van der Waals surface area contributed by atoms with Gasteiger partial charge in [-0.3, -0.25) is 4.79 Å². The minimum absolute atomic E-state index is 0.165. The second-order valence-electron chi connectivity index (χ2n) is 7.76. The van der Waals surface area contributed by atoms with Crippen LogP contribution in [-0.4, -0.2) is 42.1 Å². The van der Waals surface area contributed by atoms with Crippen molar-refractivity contribution in [2.75, 3.05) is 6.61 Å². The van der Waals surface area contributed by atoms with E-state index < -0.39 is 23.6 Å². The van der Waals surface area contributed by atoms with E-state index in [1.54, 1.807) is 13.8 Å². The van der Waals surface area contributed by atoms with Crippen molar-refractivity contribution in [3.8, 4) is 0 Å². The van der Waals surface area contributed by atoms with Gasteiger partial charge >= 0.3 is 11.9 Å². The maximum Gasteiger partial charge on any atom is 0.344 e. The highest BCUT2D eigenvalue weighted by Gasteiger charge is 2.65. The number of ether oxygens (including phenoxy) is 3. The first-order valence-corrected chi connectivity index (χ1v) is 8.46. The molecule has 0 radical (unpaired) electrons. The molecule has 2 bridgehead atoms. The third-order valence-corrected chi connectivity index (χ3v) is 6.13. The normalized spacial score (nSPS) is 41.2. The second kappa shape index (κ2) is 5.74. The molecule has 130 valence electrons. The van der Waals surface area contributed by atoms with Crippen LogP contribution >= 0.6 is 0 Å². The largest absolute Gasteiger partial charge is 0.457 e. The van der Waals surface area contributed by atoms with Crippen LogP contribution in [0.25, 0.3) is 0 Å². The molecule has 0 amide bonds. The van der Waals surface area contributed by atoms with Gasteiger partial charge in [-0.15, -0.1) is 0 Å². The van der Waals surface area contributed by atoms with Crippen molar-refractivity contribution in [2.24, 2.45) is 29.1 Å². The molecule has 0 aromatic carbocycles. The van der Waals surface area contributed by atoms with Gasteiger partial charge < -0.3 is 19.3 Å². The number of aliphatic hydroxyl groups excluding tert-OH is 1. The number of esters is 2. The molecule has 1 aliphatic heterocycles. The van der Waals surface area contributed by atoms with Crippen LogP contribution < -0.4 is 0 Å². The maximum atomic E-state index is 12.0. The summed E-state index contributed by atoms with van der Waals surface area (Å²) < 4.78 is 16.2. The molecular weight excluding hydrogens is 300 g/mol. The van der Waals surface area contributed by atoms with Gasteiger partial charge in [0.1, 0.15) is 12.2 Å². The van der Waals surface area contributed by atoms with Gasteiger partial charge in [0.05, 0.1) is 5.41 Å². The van der Waals surface area contributed by atoms with Crippen molar-refractivity contribution in [3.63, 3.8) is 0 Å². The molecular formula is C17H26O6. The van der Waals surface area contributed by atoms with Crippen LogP contribution in [0.2, 0.25) is 0 Å². The molecule has 2 saturated carbocycles. The molecule has 1 heterocycles. The molecule has 0 aromatic heterocycles. The van der Waals surface area contributed by atoms with Crippen LogP contribution in [0, 0.1) is 29.1 Å². The van der Waals surface area contributed by atoms with Crippen molar-refractivity contribution in [1.82, 2.24) is 0 Å². The van der Waals surface area contributed by atoms with E-state index in [-0.39, 0.29) is 36.6 Å². The van der Waals surface area contributed by atoms with E-state index in [0.29, 0.717) is 12.3 Å². The smallest absolute Gasteiger partial charge is 0.344 e. The van der Waals surface area contributed by atoms with E-state index >= 15 is 0 Å². The lowest BCUT2D eigenvalue weighted by Crippen LogP contribution is -2.37. The van der Waals surface area contributed by atoms with Gasteiger partial charge in [-0.2, -0.15) is 0 Å². The van der Waals surface area contributed by atoms with Crippen molar-refractivity contribution in [1.29, 1.82) is 0 Å². The number of rotatable bonds is 5. The van der Waals surface area contributed by atoms with Gasteiger partial charge in [-0.1, -0.05) is 13.8 Å². The Kier molecular flexibility index (Phi) is 4.17. The Morgan fingerprint density at radius 2 is 2.00 bits per heavy atom. The van der Waals surface area contributed by atoms with E-state index in [0.717, 1.165) is 6.42 Å². The summed E-state index contributed by atoms with van der Waals surface area (Å²) in [6.45, 7) is 7.22. The molecule has 3 aliphatic rings. The summed E-state index contributed by atoms with van der Waals surface area (Å²) in [5, 5.41) is 9.93. The highest BCUT2D eigenvalue weighted by atomic mass is 16.6. The fourth-order valence-electron chi connectivity index (χ4n) is 4.34. The summed E-state index contributed by atoms with van der Waals surface area (Å²) in [5.41, 5.74) is -0.604. The zero-order valence-corrected chi connectivity index (χ0v) is 14.2. The van der Waals surface area contributed by atoms with Gasteiger partial charge in [0.25, 0.3) is 0 Å².